The molecule has 0 bridgehead atoms. The molecule has 0 aromatic heterocycles. The minimum Gasteiger partial charge on any atom is -0.483 e. The molecule has 0 saturated carbocycles. The zero-order valence-electron chi connectivity index (χ0n) is 39.6. The van der Waals surface area contributed by atoms with Crippen molar-refractivity contribution < 1.29 is 33.7 Å². The smallest absolute Gasteiger partial charge is 0.305 e. The van der Waals surface area contributed by atoms with Crippen molar-refractivity contribution in [3.63, 3.8) is 0 Å². The predicted molar refractivity (Wildman–Crippen MR) is 248 cm³/mol. The van der Waals surface area contributed by atoms with Crippen LogP contribution in [-0.4, -0.2) is 74.5 Å². The molecular formula is C51H99NO7. The molecule has 8 heteroatoms. The van der Waals surface area contributed by atoms with Crippen molar-refractivity contribution in [2.45, 2.75) is 246 Å². The summed E-state index contributed by atoms with van der Waals surface area (Å²) in [5.41, 5.74) is 0. The Labute approximate surface area is 365 Å². The van der Waals surface area contributed by atoms with Crippen molar-refractivity contribution in [2.24, 2.45) is 17.8 Å². The van der Waals surface area contributed by atoms with Crippen LogP contribution in [0.2, 0.25) is 0 Å². The molecule has 1 aliphatic heterocycles. The lowest BCUT2D eigenvalue weighted by Crippen LogP contribution is -2.36. The highest BCUT2D eigenvalue weighted by Gasteiger charge is 2.15. The van der Waals surface area contributed by atoms with Gasteiger partial charge >= 0.3 is 11.9 Å². The number of esters is 2. The van der Waals surface area contributed by atoms with Gasteiger partial charge in [-0.1, -0.05) is 195 Å². The van der Waals surface area contributed by atoms with Gasteiger partial charge in [-0.05, 0) is 62.8 Å². The highest BCUT2D eigenvalue weighted by atomic mass is 16.5. The molecule has 1 fully saturated rings. The van der Waals surface area contributed by atoms with Crippen LogP contribution in [0, 0.1) is 17.8 Å². The summed E-state index contributed by atoms with van der Waals surface area (Å²) in [6.45, 7) is 15.2. The summed E-state index contributed by atoms with van der Waals surface area (Å²) in [4.78, 5) is 35.8. The molecule has 8 nitrogen and oxygen atoms in total. The van der Waals surface area contributed by atoms with Gasteiger partial charge in [0.25, 0.3) is 6.47 Å². The Morgan fingerprint density at radius 3 is 1.17 bits per heavy atom. The largest absolute Gasteiger partial charge is 0.483 e. The summed E-state index contributed by atoms with van der Waals surface area (Å²) in [6.07, 6.45) is 41.2. The van der Waals surface area contributed by atoms with E-state index < -0.39 is 0 Å². The number of rotatable bonds is 42. The van der Waals surface area contributed by atoms with Crippen molar-refractivity contribution >= 4 is 18.4 Å². The molecule has 59 heavy (non-hydrogen) atoms. The molecule has 1 N–H and O–H groups in total. The molecule has 350 valence electrons. The first kappa shape index (κ1) is 57.3. The minimum atomic E-state index is -0.250. The van der Waals surface area contributed by atoms with Gasteiger partial charge in [0.2, 0.25) is 0 Å². The van der Waals surface area contributed by atoms with Crippen molar-refractivity contribution in [1.82, 2.24) is 4.90 Å². The average molecular weight is 838 g/mol. The van der Waals surface area contributed by atoms with Gasteiger partial charge in [0.1, 0.15) is 0 Å². The van der Waals surface area contributed by atoms with E-state index in [2.05, 4.69) is 32.6 Å². The van der Waals surface area contributed by atoms with E-state index in [-0.39, 0.29) is 18.4 Å². The summed E-state index contributed by atoms with van der Waals surface area (Å²) in [5.74, 6) is 2.29. The van der Waals surface area contributed by atoms with Gasteiger partial charge in [-0.25, -0.2) is 0 Å². The van der Waals surface area contributed by atoms with Gasteiger partial charge in [0, 0.05) is 25.9 Å². The topological polar surface area (TPSA) is 102 Å². The second-order valence-electron chi connectivity index (χ2n) is 17.9. The number of ether oxygens (including phenoxy) is 3. The van der Waals surface area contributed by atoms with Crippen molar-refractivity contribution in [3.8, 4) is 0 Å². The average Bonchev–Trinajstić information content (AvgIpc) is 3.23. The van der Waals surface area contributed by atoms with Crippen LogP contribution in [0.15, 0.2) is 0 Å². The summed E-state index contributed by atoms with van der Waals surface area (Å²) in [6, 6.07) is 0. The maximum atomic E-state index is 12.4. The van der Waals surface area contributed by atoms with Crippen molar-refractivity contribution in [2.75, 3.05) is 46.1 Å². The first-order valence-corrected chi connectivity index (χ1v) is 25.6. The summed E-state index contributed by atoms with van der Waals surface area (Å²) in [7, 11) is 0. The van der Waals surface area contributed by atoms with Crippen LogP contribution in [0.1, 0.15) is 246 Å². The number of unbranched alkanes of at least 4 members (excludes halogenated alkanes) is 16. The lowest BCUT2D eigenvalue weighted by Gasteiger charge is -2.27. The molecule has 1 rings (SSSR count). The van der Waals surface area contributed by atoms with Gasteiger partial charge in [-0.2, -0.15) is 0 Å². The van der Waals surface area contributed by atoms with E-state index in [9.17, 15) is 9.59 Å². The van der Waals surface area contributed by atoms with E-state index in [1.165, 1.54) is 173 Å². The third-order valence-corrected chi connectivity index (χ3v) is 12.6. The summed E-state index contributed by atoms with van der Waals surface area (Å²) >= 11 is 0. The van der Waals surface area contributed by atoms with E-state index in [1.54, 1.807) is 0 Å². The third-order valence-electron chi connectivity index (χ3n) is 12.6. The molecule has 1 heterocycles. The number of hydrogen-bond acceptors (Lipinski definition) is 7. The van der Waals surface area contributed by atoms with Gasteiger partial charge in [0.15, 0.2) is 0 Å². The van der Waals surface area contributed by atoms with Crippen LogP contribution < -0.4 is 0 Å². The van der Waals surface area contributed by atoms with Gasteiger partial charge in [-0.15, -0.1) is 0 Å². The fourth-order valence-corrected chi connectivity index (χ4v) is 8.75. The maximum Gasteiger partial charge on any atom is 0.305 e. The predicted octanol–water partition coefficient (Wildman–Crippen LogP) is 14.3. The molecule has 1 aliphatic rings. The zero-order chi connectivity index (χ0) is 43.3. The molecule has 0 aromatic rings. The van der Waals surface area contributed by atoms with E-state index in [0.29, 0.717) is 26.1 Å². The second kappa shape index (κ2) is 45.8. The number of carboxylic acid groups (broad SMARTS) is 1. The van der Waals surface area contributed by atoms with E-state index in [4.69, 9.17) is 24.1 Å². The van der Waals surface area contributed by atoms with Crippen molar-refractivity contribution in [1.29, 1.82) is 0 Å². The van der Waals surface area contributed by atoms with Gasteiger partial charge in [-0.3, -0.25) is 19.3 Å². The fourth-order valence-electron chi connectivity index (χ4n) is 8.75. The molecule has 0 radical (unpaired) electrons. The second-order valence-corrected chi connectivity index (χ2v) is 17.9. The Balaban J connectivity index is 0.0000108. The summed E-state index contributed by atoms with van der Waals surface area (Å²) < 4.78 is 16.9. The number of carbonyl (C=O) groups is 3. The van der Waals surface area contributed by atoms with Crippen molar-refractivity contribution in [3.05, 3.63) is 0 Å². The maximum absolute atomic E-state index is 12.4. The van der Waals surface area contributed by atoms with Crippen LogP contribution >= 0.6 is 0 Å². The van der Waals surface area contributed by atoms with Crippen LogP contribution in [0.4, 0.5) is 0 Å². The molecule has 0 amide bonds. The van der Waals surface area contributed by atoms with E-state index >= 15 is 0 Å². The fraction of sp³-hybridized carbons (Fsp3) is 0.941. The monoisotopic (exact) mass is 838 g/mol. The third kappa shape index (κ3) is 40.2. The highest BCUT2D eigenvalue weighted by Crippen LogP contribution is 2.25. The molecule has 0 atom stereocenters. The van der Waals surface area contributed by atoms with Crippen LogP contribution in [0.25, 0.3) is 0 Å². The standard InChI is InChI=1S/C50H97NO5.CH2O2/c1-5-9-19-28-47(29-20-10-6-2)37-42-55-49(52)35-25-17-13-15-23-32-46(34-27-39-51-40-44-54-45-41-51)33-24-16-14-18-26-36-50(53)56-43-38-48(30-21-11-7-3)31-22-12-8-4;2-1-3/h46-48H,5-45H2,1-4H3;1H,(H,2,3). The molecule has 0 unspecified atom stereocenters. The molecule has 1 saturated heterocycles. The van der Waals surface area contributed by atoms with Crippen LogP contribution in [0.3, 0.4) is 0 Å². The SMILES string of the molecule is CCCCCC(CCCCC)CCOC(=O)CCCCCCCC(CCCCCCCC(=O)OCCC(CCCCC)CCCCC)CCCN1CCOCC1.O=CO. The Morgan fingerprint density at radius 2 is 0.797 bits per heavy atom. The minimum absolute atomic E-state index is 0.0146. The number of carbonyl (C=O) groups excluding carboxylic acids is 2. The van der Waals surface area contributed by atoms with Gasteiger partial charge in [0.05, 0.1) is 26.4 Å². The first-order chi connectivity index (χ1) is 28.9. The number of morpholine rings is 1. The lowest BCUT2D eigenvalue weighted by molar-refractivity contribution is -0.145. The molecular weight excluding hydrogens is 739 g/mol. The Hall–Kier alpha value is -1.67. The Kier molecular flexibility index (Phi) is 44.5. The Morgan fingerprint density at radius 1 is 0.492 bits per heavy atom. The molecule has 0 aliphatic carbocycles. The molecule has 0 spiro atoms. The zero-order valence-corrected chi connectivity index (χ0v) is 39.6. The van der Waals surface area contributed by atoms with Crippen LogP contribution in [-0.2, 0) is 28.6 Å². The lowest BCUT2D eigenvalue weighted by atomic mass is 9.90. The number of nitrogens with zero attached hydrogens (tertiary/aromatic N) is 1. The highest BCUT2D eigenvalue weighted by molar-refractivity contribution is 5.69. The van der Waals surface area contributed by atoms with Crippen LogP contribution in [0.5, 0.6) is 0 Å². The van der Waals surface area contributed by atoms with E-state index in [1.807, 2.05) is 0 Å². The Bertz CT molecular complexity index is 819. The quantitative estimate of drug-likeness (QED) is 0.0368. The number of hydrogen-bond donors (Lipinski definition) is 1. The first-order valence-electron chi connectivity index (χ1n) is 25.6. The van der Waals surface area contributed by atoms with E-state index in [0.717, 1.165) is 82.6 Å². The van der Waals surface area contributed by atoms with Gasteiger partial charge < -0.3 is 19.3 Å². The molecule has 0 aromatic carbocycles. The normalized spacial score (nSPS) is 13.2. The summed E-state index contributed by atoms with van der Waals surface area (Å²) in [5, 5.41) is 6.89.